The van der Waals surface area contributed by atoms with Crippen molar-refractivity contribution < 1.29 is 13.9 Å². The second-order valence-corrected chi connectivity index (χ2v) is 7.96. The van der Waals surface area contributed by atoms with Crippen molar-refractivity contribution >= 4 is 29.3 Å². The molecule has 0 bridgehead atoms. The van der Waals surface area contributed by atoms with E-state index in [0.29, 0.717) is 37.9 Å². The summed E-state index contributed by atoms with van der Waals surface area (Å²) in [5, 5.41) is 18.9. The predicted molar refractivity (Wildman–Crippen MR) is 119 cm³/mol. The molecule has 4 rings (SSSR count). The van der Waals surface area contributed by atoms with Gasteiger partial charge in [-0.25, -0.2) is 4.39 Å². The van der Waals surface area contributed by atoms with Crippen molar-refractivity contribution in [1.29, 1.82) is 10.5 Å². The minimum atomic E-state index is -0.728. The summed E-state index contributed by atoms with van der Waals surface area (Å²) in [4.78, 5) is 26.6. The number of carbonyl (C=O) groups excluding carboxylic acids is 1. The van der Waals surface area contributed by atoms with Crippen LogP contribution in [0.4, 0.5) is 16.2 Å². The molecule has 2 aromatic rings. The highest BCUT2D eigenvalue weighted by Gasteiger charge is 2.28. The minimum Gasteiger partial charge on any atom is -0.434 e. The van der Waals surface area contributed by atoms with Crippen LogP contribution in [0.2, 0.25) is 0 Å². The van der Waals surface area contributed by atoms with Crippen molar-refractivity contribution in [2.24, 2.45) is 0 Å². The van der Waals surface area contributed by atoms with Crippen molar-refractivity contribution in [3.63, 3.8) is 0 Å². The van der Waals surface area contributed by atoms with Crippen LogP contribution in [0, 0.1) is 28.5 Å². The number of anilines is 2. The molecule has 33 heavy (non-hydrogen) atoms. The highest BCUT2D eigenvalue weighted by atomic mass is 35.5. The minimum absolute atomic E-state index is 0.0488. The first-order valence-corrected chi connectivity index (χ1v) is 11.1. The number of piperazine rings is 1. The molecule has 0 radical (unpaired) electrons. The van der Waals surface area contributed by atoms with Crippen LogP contribution in [-0.2, 0) is 4.79 Å². The van der Waals surface area contributed by atoms with Gasteiger partial charge in [0, 0.05) is 39.3 Å². The maximum atomic E-state index is 14.5. The van der Waals surface area contributed by atoms with Gasteiger partial charge in [0.2, 0.25) is 17.7 Å². The molecular formula is C22H21ClFN7O2. The Balaban J connectivity index is 1.70. The molecule has 1 aromatic carbocycles. The molecule has 9 nitrogen and oxygen atoms in total. The second-order valence-electron chi connectivity index (χ2n) is 7.69. The van der Waals surface area contributed by atoms with Gasteiger partial charge in [0.1, 0.15) is 11.9 Å². The average Bonchev–Trinajstić information content (AvgIpc) is 3.39. The van der Waals surface area contributed by atoms with Crippen molar-refractivity contribution in [3.8, 4) is 23.8 Å². The fraction of sp³-hybridized carbons (Fsp3) is 0.409. The number of rotatable bonds is 5. The molecule has 0 N–H and O–H groups in total. The second kappa shape index (κ2) is 9.88. The Kier molecular flexibility index (Phi) is 6.76. The maximum absolute atomic E-state index is 14.5. The maximum Gasteiger partial charge on any atom is 0.244 e. The zero-order valence-electron chi connectivity index (χ0n) is 17.8. The van der Waals surface area contributed by atoms with Gasteiger partial charge in [-0.15, -0.1) is 11.6 Å². The third kappa shape index (κ3) is 4.76. The SMILES string of the molecule is N#Cc1ccc(Oc2nc(N3CCCC3)nc(N3CCN(C(=O)CCl)CC3)c2C#N)c(F)c1. The van der Waals surface area contributed by atoms with Gasteiger partial charge in [-0.05, 0) is 31.0 Å². The van der Waals surface area contributed by atoms with Gasteiger partial charge < -0.3 is 19.4 Å². The first-order chi connectivity index (χ1) is 16.0. The quantitative estimate of drug-likeness (QED) is 0.615. The summed E-state index contributed by atoms with van der Waals surface area (Å²) < 4.78 is 20.2. The van der Waals surface area contributed by atoms with E-state index < -0.39 is 5.82 Å². The van der Waals surface area contributed by atoms with E-state index in [1.54, 1.807) is 4.90 Å². The monoisotopic (exact) mass is 469 g/mol. The zero-order chi connectivity index (χ0) is 23.4. The van der Waals surface area contributed by atoms with Crippen LogP contribution in [0.5, 0.6) is 11.6 Å². The standard InChI is InChI=1S/C22H21ClFN7O2/c23-12-19(32)29-7-9-30(10-8-29)20-16(14-26)21(28-22(27-20)31-5-1-2-6-31)33-18-4-3-15(13-25)11-17(18)24/h3-4,11H,1-2,5-10,12H2. The molecule has 11 heteroatoms. The molecule has 2 fully saturated rings. The fourth-order valence-electron chi connectivity index (χ4n) is 3.89. The van der Waals surface area contributed by atoms with E-state index in [-0.39, 0.29) is 34.5 Å². The van der Waals surface area contributed by atoms with E-state index in [9.17, 15) is 14.4 Å². The number of halogens is 2. The number of carbonyl (C=O) groups is 1. The molecule has 0 aliphatic carbocycles. The highest BCUT2D eigenvalue weighted by Crippen LogP contribution is 2.34. The first kappa shape index (κ1) is 22.6. The summed E-state index contributed by atoms with van der Waals surface area (Å²) in [6.07, 6.45) is 2.00. The van der Waals surface area contributed by atoms with E-state index >= 15 is 0 Å². The van der Waals surface area contributed by atoms with Crippen molar-refractivity contribution in [1.82, 2.24) is 14.9 Å². The first-order valence-electron chi connectivity index (χ1n) is 10.6. The summed E-state index contributed by atoms with van der Waals surface area (Å²) in [5.74, 6) is -0.343. The van der Waals surface area contributed by atoms with Crippen molar-refractivity contribution in [2.75, 3.05) is 54.9 Å². The number of ether oxygens (including phenoxy) is 1. The van der Waals surface area contributed by atoms with Crippen LogP contribution < -0.4 is 14.5 Å². The van der Waals surface area contributed by atoms with Crippen LogP contribution in [0.15, 0.2) is 18.2 Å². The number of alkyl halides is 1. The van der Waals surface area contributed by atoms with Crippen LogP contribution in [0.1, 0.15) is 24.0 Å². The lowest BCUT2D eigenvalue weighted by Crippen LogP contribution is -2.49. The number of hydrogen-bond donors (Lipinski definition) is 0. The average molecular weight is 470 g/mol. The van der Waals surface area contributed by atoms with Gasteiger partial charge in [0.05, 0.1) is 11.6 Å². The molecule has 0 spiro atoms. The largest absolute Gasteiger partial charge is 0.434 e. The number of hydrogen-bond acceptors (Lipinski definition) is 8. The molecule has 2 aliphatic rings. The zero-order valence-corrected chi connectivity index (χ0v) is 18.6. The third-order valence-corrected chi connectivity index (χ3v) is 5.89. The lowest BCUT2D eigenvalue weighted by molar-refractivity contribution is -0.128. The molecule has 3 heterocycles. The van der Waals surface area contributed by atoms with Crippen LogP contribution >= 0.6 is 11.6 Å². The summed E-state index contributed by atoms with van der Waals surface area (Å²) in [6.45, 7) is 3.35. The van der Waals surface area contributed by atoms with Crippen molar-refractivity contribution in [3.05, 3.63) is 35.1 Å². The Morgan fingerprint density at radius 2 is 1.79 bits per heavy atom. The Morgan fingerprint density at radius 1 is 1.06 bits per heavy atom. The third-order valence-electron chi connectivity index (χ3n) is 5.66. The van der Waals surface area contributed by atoms with E-state index in [2.05, 4.69) is 16.0 Å². The molecule has 1 amide bonds. The fourth-order valence-corrected chi connectivity index (χ4v) is 4.06. The Hall–Kier alpha value is -3.63. The Bertz CT molecular complexity index is 1130. The van der Waals surface area contributed by atoms with Gasteiger partial charge in [0.15, 0.2) is 22.9 Å². The number of nitriles is 2. The lowest BCUT2D eigenvalue weighted by atomic mass is 10.2. The Morgan fingerprint density at radius 3 is 2.39 bits per heavy atom. The molecule has 0 atom stereocenters. The van der Waals surface area contributed by atoms with Gasteiger partial charge in [0.25, 0.3) is 0 Å². The van der Waals surface area contributed by atoms with Gasteiger partial charge in [-0.2, -0.15) is 20.5 Å². The molecule has 0 saturated carbocycles. The van der Waals surface area contributed by atoms with E-state index in [1.165, 1.54) is 12.1 Å². The highest BCUT2D eigenvalue weighted by molar-refractivity contribution is 6.27. The summed E-state index contributed by atoms with van der Waals surface area (Å²) in [7, 11) is 0. The van der Waals surface area contributed by atoms with E-state index in [0.717, 1.165) is 32.0 Å². The molecular weight excluding hydrogens is 449 g/mol. The predicted octanol–water partition coefficient (Wildman–Crippen LogP) is 2.64. The lowest BCUT2D eigenvalue weighted by Gasteiger charge is -2.35. The van der Waals surface area contributed by atoms with Gasteiger partial charge >= 0.3 is 0 Å². The number of amides is 1. The van der Waals surface area contributed by atoms with Gasteiger partial charge in [-0.1, -0.05) is 0 Å². The van der Waals surface area contributed by atoms with E-state index in [1.807, 2.05) is 15.9 Å². The molecule has 2 aliphatic heterocycles. The molecule has 0 unspecified atom stereocenters. The summed E-state index contributed by atoms with van der Waals surface area (Å²) in [5.41, 5.74) is 0.240. The van der Waals surface area contributed by atoms with Crippen LogP contribution in [0.3, 0.4) is 0 Å². The summed E-state index contributed by atoms with van der Waals surface area (Å²) in [6, 6.07) is 7.81. The molecule has 170 valence electrons. The normalized spacial score (nSPS) is 15.8. The number of nitrogens with zero attached hydrogens (tertiary/aromatic N) is 7. The number of benzene rings is 1. The molecule has 2 saturated heterocycles. The topological polar surface area (TPSA) is 109 Å². The number of aromatic nitrogens is 2. The van der Waals surface area contributed by atoms with Crippen LogP contribution in [-0.4, -0.2) is 65.9 Å². The van der Waals surface area contributed by atoms with E-state index in [4.69, 9.17) is 21.6 Å². The van der Waals surface area contributed by atoms with Crippen LogP contribution in [0.25, 0.3) is 0 Å². The molecule has 1 aromatic heterocycles. The van der Waals surface area contributed by atoms with Crippen molar-refractivity contribution in [2.45, 2.75) is 12.8 Å². The summed E-state index contributed by atoms with van der Waals surface area (Å²) >= 11 is 5.67. The Labute approximate surface area is 195 Å². The smallest absolute Gasteiger partial charge is 0.244 e. The van der Waals surface area contributed by atoms with Gasteiger partial charge in [-0.3, -0.25) is 4.79 Å².